The van der Waals surface area contributed by atoms with Crippen molar-refractivity contribution in [3.05, 3.63) is 18.3 Å². The van der Waals surface area contributed by atoms with Crippen molar-refractivity contribution in [2.24, 2.45) is 0 Å². The number of anilines is 1. The molecule has 0 spiro atoms. The maximum absolute atomic E-state index is 11.8. The Bertz CT molecular complexity index is 501. The number of rotatable bonds is 5. The molecule has 0 unspecified atom stereocenters. The second-order valence-corrected chi connectivity index (χ2v) is 4.89. The SMILES string of the molecule is CNC(=O)CNS(=O)(=O)c1ccnc(NC)c1. The molecule has 1 heterocycles. The molecule has 1 amide bonds. The maximum atomic E-state index is 11.8. The van der Waals surface area contributed by atoms with Crippen LogP contribution in [0.4, 0.5) is 5.82 Å². The van der Waals surface area contributed by atoms with E-state index in [1.54, 1.807) is 7.05 Å². The molecule has 0 radical (unpaired) electrons. The Morgan fingerprint density at radius 1 is 1.41 bits per heavy atom. The summed E-state index contributed by atoms with van der Waals surface area (Å²) in [4.78, 5) is 14.9. The Morgan fingerprint density at radius 3 is 2.71 bits per heavy atom. The van der Waals surface area contributed by atoms with Crippen molar-refractivity contribution in [3.8, 4) is 0 Å². The van der Waals surface area contributed by atoms with Crippen LogP contribution in [-0.2, 0) is 14.8 Å². The molecule has 3 N–H and O–H groups in total. The fourth-order valence-electron chi connectivity index (χ4n) is 1.05. The zero-order valence-electron chi connectivity index (χ0n) is 9.52. The van der Waals surface area contributed by atoms with Gasteiger partial charge in [-0.25, -0.2) is 18.1 Å². The van der Waals surface area contributed by atoms with E-state index in [4.69, 9.17) is 0 Å². The van der Waals surface area contributed by atoms with Gasteiger partial charge in [-0.2, -0.15) is 0 Å². The number of aromatic nitrogens is 1. The van der Waals surface area contributed by atoms with Crippen LogP contribution in [0.5, 0.6) is 0 Å². The van der Waals surface area contributed by atoms with Crippen LogP contribution < -0.4 is 15.4 Å². The van der Waals surface area contributed by atoms with Gasteiger partial charge < -0.3 is 10.6 Å². The van der Waals surface area contributed by atoms with Crippen LogP contribution in [0.15, 0.2) is 23.2 Å². The molecule has 0 aliphatic rings. The van der Waals surface area contributed by atoms with E-state index >= 15 is 0 Å². The molecule has 0 bridgehead atoms. The fourth-order valence-corrected chi connectivity index (χ4v) is 2.04. The van der Waals surface area contributed by atoms with E-state index in [0.717, 1.165) is 0 Å². The van der Waals surface area contributed by atoms with Gasteiger partial charge in [-0.15, -0.1) is 0 Å². The molecule has 0 saturated carbocycles. The summed E-state index contributed by atoms with van der Waals surface area (Å²) in [6.07, 6.45) is 1.38. The van der Waals surface area contributed by atoms with Crippen LogP contribution in [0.1, 0.15) is 0 Å². The first-order valence-corrected chi connectivity index (χ1v) is 6.32. The van der Waals surface area contributed by atoms with Crippen LogP contribution in [-0.4, -0.2) is 39.9 Å². The van der Waals surface area contributed by atoms with Gasteiger partial charge in [0.05, 0.1) is 11.4 Å². The topological polar surface area (TPSA) is 100 Å². The van der Waals surface area contributed by atoms with Gasteiger partial charge >= 0.3 is 0 Å². The molecule has 0 fully saturated rings. The molecule has 1 aromatic rings. The molecule has 0 aromatic carbocycles. The molecule has 7 nitrogen and oxygen atoms in total. The van der Waals surface area contributed by atoms with Crippen molar-refractivity contribution in [1.82, 2.24) is 15.0 Å². The molecule has 0 aliphatic carbocycles. The lowest BCUT2D eigenvalue weighted by atomic mass is 10.5. The predicted octanol–water partition coefficient (Wildman–Crippen LogP) is -0.852. The Hall–Kier alpha value is -1.67. The second-order valence-electron chi connectivity index (χ2n) is 3.12. The molecule has 1 rings (SSSR count). The number of pyridine rings is 1. The normalized spacial score (nSPS) is 10.9. The Morgan fingerprint density at radius 2 is 2.12 bits per heavy atom. The first-order valence-electron chi connectivity index (χ1n) is 4.83. The molecule has 1 aromatic heterocycles. The molecule has 17 heavy (non-hydrogen) atoms. The van der Waals surface area contributed by atoms with Crippen LogP contribution in [0, 0.1) is 0 Å². The van der Waals surface area contributed by atoms with Crippen LogP contribution in [0.3, 0.4) is 0 Å². The number of nitrogens with one attached hydrogen (secondary N) is 3. The van der Waals surface area contributed by atoms with Gasteiger partial charge in [0.2, 0.25) is 15.9 Å². The zero-order valence-corrected chi connectivity index (χ0v) is 10.3. The Labute approximate surface area is 99.7 Å². The van der Waals surface area contributed by atoms with Gasteiger partial charge in [-0.05, 0) is 6.07 Å². The summed E-state index contributed by atoms with van der Waals surface area (Å²) in [5.74, 6) is 0.0317. The highest BCUT2D eigenvalue weighted by atomic mass is 32.2. The Kier molecular flexibility index (Phi) is 4.41. The summed E-state index contributed by atoms with van der Waals surface area (Å²) in [5, 5.41) is 5.05. The monoisotopic (exact) mass is 258 g/mol. The van der Waals surface area contributed by atoms with Crippen molar-refractivity contribution in [1.29, 1.82) is 0 Å². The summed E-state index contributed by atoms with van der Waals surface area (Å²) in [7, 11) is -0.621. The van der Waals surface area contributed by atoms with Gasteiger partial charge in [-0.3, -0.25) is 4.79 Å². The van der Waals surface area contributed by atoms with Crippen molar-refractivity contribution in [2.75, 3.05) is 26.0 Å². The Balaban J connectivity index is 2.85. The molecule has 0 saturated heterocycles. The van der Waals surface area contributed by atoms with Gasteiger partial charge in [0.15, 0.2) is 0 Å². The molecular weight excluding hydrogens is 244 g/mol. The van der Waals surface area contributed by atoms with E-state index in [1.807, 2.05) is 0 Å². The zero-order chi connectivity index (χ0) is 12.9. The van der Waals surface area contributed by atoms with Crippen LogP contribution >= 0.6 is 0 Å². The summed E-state index contributed by atoms with van der Waals surface area (Å²) in [5.41, 5.74) is 0. The van der Waals surface area contributed by atoms with Gasteiger partial charge in [0, 0.05) is 26.4 Å². The van der Waals surface area contributed by atoms with E-state index in [0.29, 0.717) is 5.82 Å². The van der Waals surface area contributed by atoms with Crippen molar-refractivity contribution in [3.63, 3.8) is 0 Å². The van der Waals surface area contributed by atoms with Crippen molar-refractivity contribution in [2.45, 2.75) is 4.90 Å². The summed E-state index contributed by atoms with van der Waals surface area (Å²) in [6, 6.07) is 2.74. The third-order valence-corrected chi connectivity index (χ3v) is 3.40. The lowest BCUT2D eigenvalue weighted by molar-refractivity contribution is -0.119. The number of likely N-dealkylation sites (N-methyl/N-ethyl adjacent to an activating group) is 1. The standard InChI is InChI=1S/C9H14N4O3S/c1-10-8-5-7(3-4-12-8)17(15,16)13-6-9(14)11-2/h3-5,13H,6H2,1-2H3,(H,10,12)(H,11,14). The summed E-state index contributed by atoms with van der Waals surface area (Å²) in [6.45, 7) is -0.296. The van der Waals surface area contributed by atoms with Gasteiger partial charge in [0.25, 0.3) is 0 Å². The highest BCUT2D eigenvalue weighted by Crippen LogP contribution is 2.11. The molecular formula is C9H14N4O3S. The van der Waals surface area contributed by atoms with E-state index in [1.165, 1.54) is 25.4 Å². The smallest absolute Gasteiger partial charge is 0.241 e. The minimum atomic E-state index is -3.69. The highest BCUT2D eigenvalue weighted by molar-refractivity contribution is 7.89. The highest BCUT2D eigenvalue weighted by Gasteiger charge is 2.15. The maximum Gasteiger partial charge on any atom is 0.241 e. The number of carbonyl (C=O) groups excluding carboxylic acids is 1. The largest absolute Gasteiger partial charge is 0.373 e. The minimum Gasteiger partial charge on any atom is -0.373 e. The average Bonchev–Trinajstić information content (AvgIpc) is 2.36. The molecule has 94 valence electrons. The third kappa shape index (κ3) is 3.68. The molecule has 8 heteroatoms. The van der Waals surface area contributed by atoms with Crippen LogP contribution in [0.2, 0.25) is 0 Å². The van der Waals surface area contributed by atoms with Crippen LogP contribution in [0.25, 0.3) is 0 Å². The lowest BCUT2D eigenvalue weighted by Crippen LogP contribution is -2.35. The number of hydrogen-bond donors (Lipinski definition) is 3. The number of carbonyl (C=O) groups is 1. The van der Waals surface area contributed by atoms with Gasteiger partial charge in [0.1, 0.15) is 5.82 Å². The van der Waals surface area contributed by atoms with E-state index in [2.05, 4.69) is 20.3 Å². The number of nitrogens with zero attached hydrogens (tertiary/aromatic N) is 1. The summed E-state index contributed by atoms with van der Waals surface area (Å²) >= 11 is 0. The quantitative estimate of drug-likeness (QED) is 0.638. The first-order chi connectivity index (χ1) is 7.99. The van der Waals surface area contributed by atoms with E-state index in [9.17, 15) is 13.2 Å². The van der Waals surface area contributed by atoms with Gasteiger partial charge in [-0.1, -0.05) is 0 Å². The molecule has 0 atom stereocenters. The third-order valence-electron chi connectivity index (χ3n) is 2.00. The lowest BCUT2D eigenvalue weighted by Gasteiger charge is -2.07. The average molecular weight is 258 g/mol. The van der Waals surface area contributed by atoms with E-state index in [-0.39, 0.29) is 11.4 Å². The predicted molar refractivity (Wildman–Crippen MR) is 63.0 cm³/mol. The second kappa shape index (κ2) is 5.60. The number of hydrogen-bond acceptors (Lipinski definition) is 5. The summed E-state index contributed by atoms with van der Waals surface area (Å²) < 4.78 is 25.7. The van der Waals surface area contributed by atoms with Crippen molar-refractivity contribution < 1.29 is 13.2 Å². The number of sulfonamides is 1. The van der Waals surface area contributed by atoms with Crippen molar-refractivity contribution >= 4 is 21.7 Å². The first kappa shape index (κ1) is 13.4. The fraction of sp³-hybridized carbons (Fsp3) is 0.333. The minimum absolute atomic E-state index is 0.0563. The number of amides is 1. The van der Waals surface area contributed by atoms with E-state index < -0.39 is 15.9 Å². The molecule has 0 aliphatic heterocycles.